The topological polar surface area (TPSA) is 21.3 Å². The monoisotopic (exact) mass is 267 g/mol. The van der Waals surface area contributed by atoms with Crippen LogP contribution in [0.4, 0.5) is 4.39 Å². The molecule has 0 heterocycles. The maximum absolute atomic E-state index is 14.0. The fraction of sp³-hybridized carbons (Fsp3) is 0.625. The molecule has 0 saturated carbocycles. The smallest absolute Gasteiger partial charge is 0.165 e. The van der Waals surface area contributed by atoms with Crippen LogP contribution in [0.15, 0.2) is 18.2 Å². The van der Waals surface area contributed by atoms with Crippen LogP contribution < -0.4 is 10.1 Å². The van der Waals surface area contributed by atoms with Crippen molar-refractivity contribution in [2.24, 2.45) is 0 Å². The Hall–Kier alpha value is -1.09. The van der Waals surface area contributed by atoms with Gasteiger partial charge in [0.2, 0.25) is 0 Å². The van der Waals surface area contributed by atoms with E-state index >= 15 is 0 Å². The van der Waals surface area contributed by atoms with E-state index in [1.165, 1.54) is 6.07 Å². The van der Waals surface area contributed by atoms with Gasteiger partial charge in [-0.25, -0.2) is 4.39 Å². The van der Waals surface area contributed by atoms with Gasteiger partial charge >= 0.3 is 0 Å². The Morgan fingerprint density at radius 2 is 1.95 bits per heavy atom. The van der Waals surface area contributed by atoms with Gasteiger partial charge in [-0.2, -0.15) is 0 Å². The van der Waals surface area contributed by atoms with E-state index in [0.29, 0.717) is 5.75 Å². The molecule has 1 aromatic rings. The number of ether oxygens (including phenoxy) is 1. The van der Waals surface area contributed by atoms with Crippen LogP contribution in [0.3, 0.4) is 0 Å². The van der Waals surface area contributed by atoms with Crippen LogP contribution in [-0.4, -0.2) is 12.6 Å². The summed E-state index contributed by atoms with van der Waals surface area (Å²) in [4.78, 5) is 0. The molecule has 0 aliphatic rings. The summed E-state index contributed by atoms with van der Waals surface area (Å²) >= 11 is 0. The minimum absolute atomic E-state index is 0.0408. The zero-order valence-corrected chi connectivity index (χ0v) is 12.5. The molecule has 1 N–H and O–H groups in total. The molecule has 0 aliphatic carbocycles. The largest absolute Gasteiger partial charge is 0.487 e. The SMILES string of the molecule is CCCNC(C)c1cccc(F)c1OC(C)CCC. The number of benzene rings is 1. The molecule has 0 spiro atoms. The van der Waals surface area contributed by atoms with E-state index in [9.17, 15) is 4.39 Å². The Bertz CT molecular complexity index is 381. The fourth-order valence-electron chi connectivity index (χ4n) is 2.13. The molecule has 0 aromatic heterocycles. The average Bonchev–Trinajstić information content (AvgIpc) is 2.38. The number of hydrogen-bond acceptors (Lipinski definition) is 2. The number of rotatable bonds is 8. The van der Waals surface area contributed by atoms with Crippen molar-refractivity contribution in [3.05, 3.63) is 29.6 Å². The van der Waals surface area contributed by atoms with Crippen molar-refractivity contribution in [2.45, 2.75) is 59.1 Å². The second kappa shape index (κ2) is 8.16. The lowest BCUT2D eigenvalue weighted by Gasteiger charge is -2.21. The quantitative estimate of drug-likeness (QED) is 0.751. The Morgan fingerprint density at radius 3 is 2.58 bits per heavy atom. The minimum Gasteiger partial charge on any atom is -0.487 e. The summed E-state index contributed by atoms with van der Waals surface area (Å²) in [6.45, 7) is 9.17. The van der Waals surface area contributed by atoms with Crippen LogP contribution in [0, 0.1) is 5.82 Å². The first kappa shape index (κ1) is 16.0. The lowest BCUT2D eigenvalue weighted by molar-refractivity contribution is 0.197. The lowest BCUT2D eigenvalue weighted by atomic mass is 10.1. The molecule has 0 fully saturated rings. The van der Waals surface area contributed by atoms with Gasteiger partial charge in [-0.1, -0.05) is 32.4 Å². The van der Waals surface area contributed by atoms with E-state index in [0.717, 1.165) is 31.4 Å². The van der Waals surface area contributed by atoms with Gasteiger partial charge in [0.05, 0.1) is 6.10 Å². The van der Waals surface area contributed by atoms with Crippen molar-refractivity contribution in [3.8, 4) is 5.75 Å². The molecule has 2 nitrogen and oxygen atoms in total. The van der Waals surface area contributed by atoms with Crippen molar-refractivity contribution in [1.82, 2.24) is 5.32 Å². The van der Waals surface area contributed by atoms with Crippen molar-refractivity contribution < 1.29 is 9.13 Å². The maximum Gasteiger partial charge on any atom is 0.165 e. The highest BCUT2D eigenvalue weighted by Gasteiger charge is 2.17. The predicted octanol–water partition coefficient (Wildman–Crippen LogP) is 4.45. The molecule has 108 valence electrons. The molecule has 0 saturated heterocycles. The molecular weight excluding hydrogens is 241 g/mol. The summed E-state index contributed by atoms with van der Waals surface area (Å²) in [6.07, 6.45) is 3.07. The standard InChI is InChI=1S/C16H26FNO/c1-5-8-12(3)19-16-14(9-7-10-15(16)17)13(4)18-11-6-2/h7,9-10,12-13,18H,5-6,8,11H2,1-4H3. The zero-order chi connectivity index (χ0) is 14.3. The molecule has 0 aliphatic heterocycles. The van der Waals surface area contributed by atoms with Gasteiger partial charge in [-0.05, 0) is 39.3 Å². The Kier molecular flexibility index (Phi) is 6.85. The van der Waals surface area contributed by atoms with Gasteiger partial charge < -0.3 is 10.1 Å². The molecule has 0 radical (unpaired) electrons. The van der Waals surface area contributed by atoms with Crippen LogP contribution in [0.2, 0.25) is 0 Å². The van der Waals surface area contributed by atoms with Gasteiger partial charge in [0.25, 0.3) is 0 Å². The second-order valence-corrected chi connectivity index (χ2v) is 5.05. The zero-order valence-electron chi connectivity index (χ0n) is 12.5. The minimum atomic E-state index is -0.273. The third-order valence-electron chi connectivity index (χ3n) is 3.18. The third kappa shape index (κ3) is 4.83. The van der Waals surface area contributed by atoms with Crippen LogP contribution in [-0.2, 0) is 0 Å². The van der Waals surface area contributed by atoms with E-state index in [-0.39, 0.29) is 18.0 Å². The normalized spacial score (nSPS) is 14.2. The summed E-state index contributed by atoms with van der Waals surface area (Å²) in [7, 11) is 0. The number of hydrogen-bond donors (Lipinski definition) is 1. The van der Waals surface area contributed by atoms with E-state index < -0.39 is 0 Å². The molecule has 19 heavy (non-hydrogen) atoms. The van der Waals surface area contributed by atoms with Gasteiger partial charge in [0, 0.05) is 11.6 Å². The molecule has 2 atom stereocenters. The Labute approximate surface area is 116 Å². The molecule has 1 aromatic carbocycles. The van der Waals surface area contributed by atoms with Crippen molar-refractivity contribution in [2.75, 3.05) is 6.54 Å². The van der Waals surface area contributed by atoms with Gasteiger partial charge in [0.1, 0.15) is 0 Å². The predicted molar refractivity (Wildman–Crippen MR) is 78.1 cm³/mol. The summed E-state index contributed by atoms with van der Waals surface area (Å²) in [5.74, 6) is 0.130. The Morgan fingerprint density at radius 1 is 1.21 bits per heavy atom. The average molecular weight is 267 g/mol. The summed E-state index contributed by atoms with van der Waals surface area (Å²) < 4.78 is 19.8. The molecule has 0 bridgehead atoms. The Balaban J connectivity index is 2.88. The summed E-state index contributed by atoms with van der Waals surface area (Å²) in [5, 5.41) is 3.37. The van der Waals surface area contributed by atoms with Crippen molar-refractivity contribution in [3.63, 3.8) is 0 Å². The van der Waals surface area contributed by atoms with E-state index in [1.807, 2.05) is 19.9 Å². The van der Waals surface area contributed by atoms with Gasteiger partial charge in [-0.15, -0.1) is 0 Å². The molecular formula is C16H26FNO. The third-order valence-corrected chi connectivity index (χ3v) is 3.18. The molecule has 1 rings (SSSR count). The van der Waals surface area contributed by atoms with Crippen molar-refractivity contribution >= 4 is 0 Å². The van der Waals surface area contributed by atoms with Gasteiger partial charge in [-0.3, -0.25) is 0 Å². The summed E-state index contributed by atoms with van der Waals surface area (Å²) in [6, 6.07) is 5.24. The van der Waals surface area contributed by atoms with E-state index in [2.05, 4.69) is 19.2 Å². The highest BCUT2D eigenvalue weighted by atomic mass is 19.1. The van der Waals surface area contributed by atoms with Gasteiger partial charge in [0.15, 0.2) is 11.6 Å². The molecule has 3 heteroatoms. The highest BCUT2D eigenvalue weighted by Crippen LogP contribution is 2.29. The van der Waals surface area contributed by atoms with E-state index in [1.54, 1.807) is 6.07 Å². The molecule has 2 unspecified atom stereocenters. The maximum atomic E-state index is 14.0. The fourth-order valence-corrected chi connectivity index (χ4v) is 2.13. The summed E-state index contributed by atoms with van der Waals surface area (Å²) in [5.41, 5.74) is 0.899. The number of halogens is 1. The van der Waals surface area contributed by atoms with Crippen LogP contribution in [0.5, 0.6) is 5.75 Å². The first-order valence-corrected chi connectivity index (χ1v) is 7.28. The number of para-hydroxylation sites is 1. The first-order valence-electron chi connectivity index (χ1n) is 7.28. The number of nitrogens with one attached hydrogen (secondary N) is 1. The highest BCUT2D eigenvalue weighted by molar-refractivity contribution is 5.37. The molecule has 0 amide bonds. The second-order valence-electron chi connectivity index (χ2n) is 5.05. The first-order chi connectivity index (χ1) is 9.10. The van der Waals surface area contributed by atoms with Crippen LogP contribution >= 0.6 is 0 Å². The van der Waals surface area contributed by atoms with Crippen LogP contribution in [0.25, 0.3) is 0 Å². The van der Waals surface area contributed by atoms with Crippen LogP contribution in [0.1, 0.15) is 58.6 Å². The lowest BCUT2D eigenvalue weighted by Crippen LogP contribution is -2.21. The van der Waals surface area contributed by atoms with E-state index in [4.69, 9.17) is 4.74 Å². The van der Waals surface area contributed by atoms with Crippen molar-refractivity contribution in [1.29, 1.82) is 0 Å².